The Balaban J connectivity index is 1.70. The fourth-order valence-corrected chi connectivity index (χ4v) is 2.77. The minimum Gasteiger partial charge on any atom is -0.367 e. The third kappa shape index (κ3) is 4.18. The Morgan fingerprint density at radius 1 is 1.17 bits per heavy atom. The molecule has 2 aromatic rings. The van der Waals surface area contributed by atoms with Crippen molar-refractivity contribution in [3.05, 3.63) is 47.8 Å². The lowest BCUT2D eigenvalue weighted by Gasteiger charge is -2.24. The van der Waals surface area contributed by atoms with Crippen LogP contribution in [0, 0.1) is 20.3 Å². The average molecular weight is 310 g/mol. The maximum absolute atomic E-state index is 4.66. The first kappa shape index (κ1) is 15.7. The molecule has 0 unspecified atom stereocenters. The highest BCUT2D eigenvalue weighted by molar-refractivity contribution is 5.50. The molecule has 3 rings (SSSR count). The molecule has 1 saturated carbocycles. The van der Waals surface area contributed by atoms with Crippen molar-refractivity contribution in [2.45, 2.75) is 52.1 Å². The number of nitrogens with one attached hydrogen (secondary N) is 2. The Kier molecular flexibility index (Phi) is 5.05. The van der Waals surface area contributed by atoms with E-state index in [2.05, 4.69) is 38.9 Å². The highest BCUT2D eigenvalue weighted by Gasteiger charge is 2.16. The molecule has 0 spiro atoms. The predicted molar refractivity (Wildman–Crippen MR) is 93.2 cm³/mol. The normalized spacial score (nSPS) is 15.4. The maximum Gasteiger partial charge on any atom is 0.225 e. The summed E-state index contributed by atoms with van der Waals surface area (Å²) in [6.45, 7) is 4.72. The van der Waals surface area contributed by atoms with Gasteiger partial charge in [-0.3, -0.25) is 4.98 Å². The topological polar surface area (TPSA) is 62.7 Å². The summed E-state index contributed by atoms with van der Waals surface area (Å²) in [5.41, 5.74) is 3.10. The van der Waals surface area contributed by atoms with Gasteiger partial charge in [0.05, 0.1) is 12.2 Å². The second kappa shape index (κ2) is 7.40. The second-order valence-corrected chi connectivity index (χ2v) is 6.05. The molecule has 1 aliphatic carbocycles. The number of aromatic nitrogens is 3. The maximum atomic E-state index is 4.66. The Labute approximate surface area is 138 Å². The van der Waals surface area contributed by atoms with Crippen LogP contribution < -0.4 is 10.6 Å². The third-order valence-electron chi connectivity index (χ3n) is 4.29. The quantitative estimate of drug-likeness (QED) is 0.882. The van der Waals surface area contributed by atoms with E-state index in [-0.39, 0.29) is 0 Å². The molecule has 2 heterocycles. The molecule has 1 aliphatic rings. The average Bonchev–Trinajstić information content (AvgIpc) is 2.59. The molecule has 0 bridgehead atoms. The highest BCUT2D eigenvalue weighted by Crippen LogP contribution is 2.23. The van der Waals surface area contributed by atoms with Gasteiger partial charge in [0, 0.05) is 23.5 Å². The third-order valence-corrected chi connectivity index (χ3v) is 4.29. The molecule has 1 atom stereocenters. The van der Waals surface area contributed by atoms with Crippen LogP contribution in [0.25, 0.3) is 0 Å². The number of nitrogens with zero attached hydrogens (tertiary/aromatic N) is 3. The van der Waals surface area contributed by atoms with Crippen LogP contribution in [-0.4, -0.2) is 21.0 Å². The van der Waals surface area contributed by atoms with E-state index in [0.717, 1.165) is 22.8 Å². The van der Waals surface area contributed by atoms with Crippen molar-refractivity contribution >= 4 is 11.8 Å². The first-order valence-electron chi connectivity index (χ1n) is 8.31. The molecule has 1 radical (unpaired) electrons. The summed E-state index contributed by atoms with van der Waals surface area (Å²) in [5.74, 6) is 1.58. The monoisotopic (exact) mass is 310 g/mol. The van der Waals surface area contributed by atoms with Gasteiger partial charge in [-0.25, -0.2) is 4.98 Å². The Bertz CT molecular complexity index is 635. The van der Waals surface area contributed by atoms with Gasteiger partial charge in [0.1, 0.15) is 5.82 Å². The second-order valence-electron chi connectivity index (χ2n) is 6.05. The highest BCUT2D eigenvalue weighted by atomic mass is 15.2. The first-order valence-corrected chi connectivity index (χ1v) is 8.31. The van der Waals surface area contributed by atoms with Gasteiger partial charge < -0.3 is 10.6 Å². The lowest BCUT2D eigenvalue weighted by Crippen LogP contribution is -2.24. The Morgan fingerprint density at radius 3 is 2.83 bits per heavy atom. The van der Waals surface area contributed by atoms with Crippen molar-refractivity contribution in [3.8, 4) is 0 Å². The number of aryl methyl sites for hydroxylation is 1. The molecule has 0 aliphatic heterocycles. The van der Waals surface area contributed by atoms with E-state index in [9.17, 15) is 0 Å². The lowest BCUT2D eigenvalue weighted by molar-refractivity contribution is 0.550. The van der Waals surface area contributed by atoms with Gasteiger partial charge in [0.15, 0.2) is 0 Å². The zero-order valence-electron chi connectivity index (χ0n) is 13.8. The predicted octanol–water partition coefficient (Wildman–Crippen LogP) is 3.66. The van der Waals surface area contributed by atoms with Crippen LogP contribution in [-0.2, 0) is 6.54 Å². The number of pyridine rings is 1. The van der Waals surface area contributed by atoms with Gasteiger partial charge in [0.2, 0.25) is 5.95 Å². The molecule has 121 valence electrons. The van der Waals surface area contributed by atoms with Crippen LogP contribution in [0.2, 0.25) is 0 Å². The van der Waals surface area contributed by atoms with E-state index in [0.29, 0.717) is 18.5 Å². The molecule has 0 saturated heterocycles. The van der Waals surface area contributed by atoms with Crippen molar-refractivity contribution in [1.29, 1.82) is 0 Å². The van der Waals surface area contributed by atoms with E-state index in [4.69, 9.17) is 0 Å². The molecule has 0 aromatic carbocycles. The van der Waals surface area contributed by atoms with E-state index in [1.165, 1.54) is 25.7 Å². The Morgan fingerprint density at radius 2 is 2.09 bits per heavy atom. The van der Waals surface area contributed by atoms with Crippen LogP contribution in [0.3, 0.4) is 0 Å². The zero-order chi connectivity index (χ0) is 16.1. The molecule has 23 heavy (non-hydrogen) atoms. The smallest absolute Gasteiger partial charge is 0.225 e. The Hall–Kier alpha value is -2.17. The molecule has 2 aromatic heterocycles. The molecule has 5 nitrogen and oxygen atoms in total. The minimum atomic E-state index is 0.417. The number of anilines is 2. The molecule has 5 heteroatoms. The first-order chi connectivity index (χ1) is 11.2. The van der Waals surface area contributed by atoms with E-state index < -0.39 is 0 Å². The van der Waals surface area contributed by atoms with Crippen LogP contribution >= 0.6 is 0 Å². The van der Waals surface area contributed by atoms with Crippen molar-refractivity contribution < 1.29 is 0 Å². The number of rotatable bonds is 5. The van der Waals surface area contributed by atoms with E-state index in [1.807, 2.05) is 25.1 Å². The van der Waals surface area contributed by atoms with Crippen molar-refractivity contribution in [3.63, 3.8) is 0 Å². The minimum absolute atomic E-state index is 0.417. The van der Waals surface area contributed by atoms with Crippen molar-refractivity contribution in [2.75, 3.05) is 10.6 Å². The molecular formula is C18H24N5. The summed E-state index contributed by atoms with van der Waals surface area (Å²) in [5, 5.41) is 6.84. The van der Waals surface area contributed by atoms with Gasteiger partial charge in [-0.15, -0.1) is 0 Å². The molecular weight excluding hydrogens is 286 g/mol. The number of hydrogen-bond acceptors (Lipinski definition) is 5. The fraction of sp³-hybridized carbons (Fsp3) is 0.444. The van der Waals surface area contributed by atoms with E-state index >= 15 is 0 Å². The standard InChI is InChI=1S/C18H24N5/c1-13-14(2)21-18(20-12-16-10-6-7-11-19-16)23-17(13)22-15-8-4-3-5-9-15/h6-8,10-11,15H,3-5,9,12H2,1-2H3,(H2,20,21,22,23)/t15-/m0/s1. The summed E-state index contributed by atoms with van der Waals surface area (Å²) in [6.07, 6.45) is 9.11. The van der Waals surface area contributed by atoms with Gasteiger partial charge in [0.25, 0.3) is 0 Å². The zero-order valence-corrected chi connectivity index (χ0v) is 13.8. The summed E-state index contributed by atoms with van der Waals surface area (Å²) in [4.78, 5) is 13.5. The van der Waals surface area contributed by atoms with Gasteiger partial charge in [-0.2, -0.15) is 4.98 Å². The lowest BCUT2D eigenvalue weighted by atomic mass is 9.95. The van der Waals surface area contributed by atoms with Crippen LogP contribution in [0.5, 0.6) is 0 Å². The van der Waals surface area contributed by atoms with Crippen molar-refractivity contribution in [2.24, 2.45) is 0 Å². The summed E-state index contributed by atoms with van der Waals surface area (Å²) < 4.78 is 0. The van der Waals surface area contributed by atoms with Crippen LogP contribution in [0.4, 0.5) is 11.8 Å². The largest absolute Gasteiger partial charge is 0.367 e. The molecule has 1 fully saturated rings. The fourth-order valence-electron chi connectivity index (χ4n) is 2.77. The van der Waals surface area contributed by atoms with Gasteiger partial charge >= 0.3 is 0 Å². The van der Waals surface area contributed by atoms with Gasteiger partial charge in [-0.05, 0) is 45.2 Å². The van der Waals surface area contributed by atoms with Crippen molar-refractivity contribution in [1.82, 2.24) is 15.0 Å². The SMILES string of the molecule is Cc1nc(NCc2ccccn2)nc(N[C@H]2[CH]CCCC2)c1C. The summed E-state index contributed by atoms with van der Waals surface area (Å²) in [6, 6.07) is 6.31. The number of hydrogen-bond donors (Lipinski definition) is 2. The van der Waals surface area contributed by atoms with E-state index in [1.54, 1.807) is 6.20 Å². The summed E-state index contributed by atoms with van der Waals surface area (Å²) in [7, 11) is 0. The van der Waals surface area contributed by atoms with Crippen LogP contribution in [0.1, 0.15) is 42.6 Å². The summed E-state index contributed by atoms with van der Waals surface area (Å²) >= 11 is 0. The van der Waals surface area contributed by atoms with Gasteiger partial charge in [-0.1, -0.05) is 18.9 Å². The van der Waals surface area contributed by atoms with Crippen LogP contribution in [0.15, 0.2) is 24.4 Å². The molecule has 2 N–H and O–H groups in total. The molecule has 0 amide bonds.